The number of hydrogen-bond acceptors (Lipinski definition) is 7. The van der Waals surface area contributed by atoms with Gasteiger partial charge in [0.2, 0.25) is 5.91 Å². The van der Waals surface area contributed by atoms with Crippen molar-refractivity contribution >= 4 is 5.91 Å². The van der Waals surface area contributed by atoms with Gasteiger partial charge in [0.1, 0.15) is 5.83 Å². The number of piperidine rings is 1. The molecule has 3 unspecified atom stereocenters. The van der Waals surface area contributed by atoms with Crippen molar-refractivity contribution in [3.63, 3.8) is 0 Å². The predicted octanol–water partition coefficient (Wildman–Crippen LogP) is 3.51. The summed E-state index contributed by atoms with van der Waals surface area (Å²) in [6.07, 6.45) is 13.8. The Morgan fingerprint density at radius 2 is 1.76 bits per heavy atom. The molecule has 1 spiro atoms. The summed E-state index contributed by atoms with van der Waals surface area (Å²) in [6.45, 7) is 3.63. The number of nitrogens with two attached hydrogens (primary N) is 2. The van der Waals surface area contributed by atoms with Crippen molar-refractivity contribution in [2.24, 2.45) is 28.7 Å². The Kier molecular flexibility index (Phi) is 10.4. The third kappa shape index (κ3) is 8.01. The Bertz CT molecular complexity index is 974. The first-order chi connectivity index (χ1) is 20.1. The average molecular weight is 596 g/mol. The van der Waals surface area contributed by atoms with Crippen LogP contribution in [0.15, 0.2) is 23.9 Å². The standard InChI is InChI=1S/C31H52F3N7O/c32-23-5-11-30(9-3-1-2-4-10-30)17-24(38-18-23)27(28(35)36)29(42)39-25-19-37-13-6-26(25)41-14-7-22(8-15-41)20-40-16-12-31(33,34)21-40/h18-19,22,24,26-28,37-38H,1-17,20-21,35-36H2,(H,39,42)/b23-18+. The first-order valence-electron chi connectivity index (χ1n) is 16.3. The van der Waals surface area contributed by atoms with E-state index in [1.54, 1.807) is 0 Å². The number of amides is 1. The smallest absolute Gasteiger partial charge is 0.261 e. The molecule has 11 heteroatoms. The van der Waals surface area contributed by atoms with Gasteiger partial charge in [-0.05, 0) is 69.4 Å². The number of halogens is 3. The van der Waals surface area contributed by atoms with E-state index in [-0.39, 0.29) is 42.2 Å². The second-order valence-corrected chi connectivity index (χ2v) is 13.8. The van der Waals surface area contributed by atoms with E-state index in [9.17, 15) is 18.0 Å². The highest BCUT2D eigenvalue weighted by Crippen LogP contribution is 2.45. The summed E-state index contributed by atoms with van der Waals surface area (Å²) in [5.41, 5.74) is 13.4. The number of hydrogen-bond donors (Lipinski definition) is 5. The Hall–Kier alpha value is -1.82. The summed E-state index contributed by atoms with van der Waals surface area (Å²) >= 11 is 0. The van der Waals surface area contributed by atoms with Crippen LogP contribution in [0.25, 0.3) is 0 Å². The molecule has 5 aliphatic rings. The third-order valence-electron chi connectivity index (χ3n) is 10.6. The Morgan fingerprint density at radius 3 is 2.43 bits per heavy atom. The normalized spacial score (nSPS) is 31.6. The molecule has 0 aromatic heterocycles. The van der Waals surface area contributed by atoms with Crippen molar-refractivity contribution < 1.29 is 18.0 Å². The van der Waals surface area contributed by atoms with Gasteiger partial charge in [0, 0.05) is 50.9 Å². The number of rotatable bonds is 7. The minimum absolute atomic E-state index is 0.0172. The number of alkyl halides is 2. The Morgan fingerprint density at radius 1 is 1.02 bits per heavy atom. The highest BCUT2D eigenvalue weighted by atomic mass is 19.3. The van der Waals surface area contributed by atoms with Crippen molar-refractivity contribution in [1.29, 1.82) is 0 Å². The molecule has 3 atom stereocenters. The molecule has 2 saturated heterocycles. The second kappa shape index (κ2) is 13.9. The maximum Gasteiger partial charge on any atom is 0.261 e. The molecule has 42 heavy (non-hydrogen) atoms. The van der Waals surface area contributed by atoms with Crippen molar-refractivity contribution in [3.05, 3.63) is 23.9 Å². The molecule has 8 nitrogen and oxygen atoms in total. The monoisotopic (exact) mass is 595 g/mol. The summed E-state index contributed by atoms with van der Waals surface area (Å²) in [5, 5.41) is 9.69. The maximum absolute atomic E-state index is 14.7. The van der Waals surface area contributed by atoms with E-state index in [0.29, 0.717) is 18.9 Å². The molecule has 3 fully saturated rings. The lowest BCUT2D eigenvalue weighted by atomic mass is 9.69. The van der Waals surface area contributed by atoms with Gasteiger partial charge in [-0.15, -0.1) is 0 Å². The number of allylic oxidation sites excluding steroid dienone is 1. The summed E-state index contributed by atoms with van der Waals surface area (Å²) < 4.78 is 42.0. The van der Waals surface area contributed by atoms with Crippen molar-refractivity contribution in [3.8, 4) is 0 Å². The minimum atomic E-state index is -2.55. The van der Waals surface area contributed by atoms with Gasteiger partial charge in [0.15, 0.2) is 0 Å². The molecular weight excluding hydrogens is 543 g/mol. The Labute approximate surface area is 249 Å². The number of nitrogens with zero attached hydrogens (tertiary/aromatic N) is 2. The lowest BCUT2D eigenvalue weighted by Crippen LogP contribution is -2.58. The van der Waals surface area contributed by atoms with E-state index < -0.39 is 18.0 Å². The number of nitrogens with one attached hydrogen (secondary N) is 3. The van der Waals surface area contributed by atoms with Crippen LogP contribution in [0.4, 0.5) is 13.2 Å². The van der Waals surface area contributed by atoms with Gasteiger partial charge in [0.25, 0.3) is 5.92 Å². The highest BCUT2D eigenvalue weighted by molar-refractivity contribution is 5.82. The highest BCUT2D eigenvalue weighted by Gasteiger charge is 2.42. The first-order valence-corrected chi connectivity index (χ1v) is 16.3. The third-order valence-corrected chi connectivity index (χ3v) is 10.6. The molecule has 1 saturated carbocycles. The molecule has 0 bridgehead atoms. The van der Waals surface area contributed by atoms with E-state index in [1.165, 1.54) is 19.0 Å². The van der Waals surface area contributed by atoms with Gasteiger partial charge >= 0.3 is 0 Å². The number of carbonyl (C=O) groups excluding carboxylic acids is 1. The first kappa shape index (κ1) is 31.6. The van der Waals surface area contributed by atoms with Crippen molar-refractivity contribution in [1.82, 2.24) is 25.8 Å². The van der Waals surface area contributed by atoms with E-state index >= 15 is 0 Å². The lowest BCUT2D eigenvalue weighted by molar-refractivity contribution is -0.126. The molecule has 4 heterocycles. The van der Waals surface area contributed by atoms with Gasteiger partial charge in [-0.3, -0.25) is 14.6 Å². The largest absolute Gasteiger partial charge is 0.389 e. The maximum atomic E-state index is 14.7. The molecule has 1 aliphatic carbocycles. The Balaban J connectivity index is 1.22. The van der Waals surface area contributed by atoms with Gasteiger partial charge in [0.05, 0.1) is 30.4 Å². The molecule has 7 N–H and O–H groups in total. The summed E-state index contributed by atoms with van der Waals surface area (Å²) in [7, 11) is 0. The van der Waals surface area contributed by atoms with Crippen LogP contribution in [0.1, 0.15) is 83.5 Å². The second-order valence-electron chi connectivity index (χ2n) is 13.8. The van der Waals surface area contributed by atoms with Crippen LogP contribution in [0.2, 0.25) is 0 Å². The topological polar surface area (TPSA) is 112 Å². The van der Waals surface area contributed by atoms with Gasteiger partial charge in [-0.2, -0.15) is 0 Å². The molecular formula is C31H52F3N7O. The van der Waals surface area contributed by atoms with Gasteiger partial charge in [-0.1, -0.05) is 25.7 Å². The van der Waals surface area contributed by atoms with Crippen molar-refractivity contribution in [2.75, 3.05) is 39.3 Å². The SMILES string of the molecule is NC(N)C(C(=O)NC1=CNCCC1N1CCC(CN2CCC(F)(F)C2)CC1)C1CC2(CCCCCC2)CC/C(F)=C\N1. The number of likely N-dealkylation sites (tertiary alicyclic amines) is 2. The van der Waals surface area contributed by atoms with E-state index in [4.69, 9.17) is 11.5 Å². The zero-order chi connectivity index (χ0) is 29.7. The fourth-order valence-corrected chi connectivity index (χ4v) is 8.22. The quantitative estimate of drug-likeness (QED) is 0.287. The predicted molar refractivity (Wildman–Crippen MR) is 159 cm³/mol. The molecule has 0 aromatic carbocycles. The van der Waals surface area contributed by atoms with Crippen LogP contribution in [0, 0.1) is 17.3 Å². The van der Waals surface area contributed by atoms with Crippen LogP contribution < -0.4 is 27.4 Å². The van der Waals surface area contributed by atoms with Crippen molar-refractivity contribution in [2.45, 2.75) is 108 Å². The van der Waals surface area contributed by atoms with Crippen LogP contribution in [-0.2, 0) is 4.79 Å². The van der Waals surface area contributed by atoms with E-state index in [2.05, 4.69) is 20.9 Å². The molecule has 5 rings (SSSR count). The molecule has 1 amide bonds. The van der Waals surface area contributed by atoms with Gasteiger partial charge < -0.3 is 27.4 Å². The fourth-order valence-electron chi connectivity index (χ4n) is 8.22. The lowest BCUT2D eigenvalue weighted by Gasteiger charge is -2.42. The molecule has 4 aliphatic heterocycles. The molecule has 0 radical (unpaired) electrons. The number of carbonyl (C=O) groups is 1. The average Bonchev–Trinajstić information content (AvgIpc) is 3.13. The molecule has 238 valence electrons. The minimum Gasteiger partial charge on any atom is -0.389 e. The molecule has 0 aromatic rings. The van der Waals surface area contributed by atoms with Gasteiger partial charge in [-0.25, -0.2) is 13.2 Å². The zero-order valence-corrected chi connectivity index (χ0v) is 25.1. The van der Waals surface area contributed by atoms with Crippen LogP contribution in [-0.4, -0.2) is 79.1 Å². The van der Waals surface area contributed by atoms with Crippen LogP contribution >= 0.6 is 0 Å². The van der Waals surface area contributed by atoms with Crippen LogP contribution in [0.5, 0.6) is 0 Å². The summed E-state index contributed by atoms with van der Waals surface area (Å²) in [4.78, 5) is 18.2. The van der Waals surface area contributed by atoms with E-state index in [0.717, 1.165) is 89.7 Å². The van der Waals surface area contributed by atoms with Crippen LogP contribution in [0.3, 0.4) is 0 Å². The summed E-state index contributed by atoms with van der Waals surface area (Å²) in [5.74, 6) is -3.28. The summed E-state index contributed by atoms with van der Waals surface area (Å²) in [6, 6.07) is -0.309. The van der Waals surface area contributed by atoms with E-state index in [1.807, 2.05) is 11.1 Å². The zero-order valence-electron chi connectivity index (χ0n) is 25.1. The fraction of sp³-hybridized carbons (Fsp3) is 0.839.